The summed E-state index contributed by atoms with van der Waals surface area (Å²) in [5.74, 6) is -0.206. The molecule has 0 aromatic carbocycles. The molecular weight excluding hydrogens is 641 g/mol. The molecule has 2 amide bonds. The van der Waals surface area contributed by atoms with Gasteiger partial charge >= 0.3 is 6.09 Å². The molecule has 50 heavy (non-hydrogen) atoms. The highest BCUT2D eigenvalue weighted by Gasteiger charge is 2.63. The van der Waals surface area contributed by atoms with Crippen LogP contribution in [0, 0.1) is 29.6 Å². The number of fused-ring (bicyclic) bond motifs is 5. The third-order valence-electron chi connectivity index (χ3n) is 13.4. The van der Waals surface area contributed by atoms with Gasteiger partial charge in [-0.1, -0.05) is 12.8 Å². The molecule has 4 heterocycles. The first kappa shape index (κ1) is 34.5. The molecule has 11 unspecified atom stereocenters. The van der Waals surface area contributed by atoms with Crippen LogP contribution in [0.4, 0.5) is 9.18 Å². The fourth-order valence-corrected chi connectivity index (χ4v) is 11.4. The Morgan fingerprint density at radius 2 is 1.72 bits per heavy atom. The SMILES string of the molecule is CC(C)(C)OC(=O)N[C@H]1CCN(C2C(F)CC3C(=O)C(C(=O)NCCN4CCCC4)=CN4C5CC6C(CC5OC2C34)C(=O)C2CCCCC26)C1. The van der Waals surface area contributed by atoms with Gasteiger partial charge in [-0.15, -0.1) is 0 Å². The fraction of sp³-hybridized carbons (Fsp3) is 0.842. The maximum atomic E-state index is 16.7. The predicted molar refractivity (Wildman–Crippen MR) is 183 cm³/mol. The summed E-state index contributed by atoms with van der Waals surface area (Å²) in [5.41, 5.74) is -0.496. The molecular formula is C38H56FN5O6. The first-order valence-electron chi connectivity index (χ1n) is 19.6. The molecule has 0 bridgehead atoms. The van der Waals surface area contributed by atoms with Crippen molar-refractivity contribution in [2.75, 3.05) is 39.3 Å². The summed E-state index contributed by atoms with van der Waals surface area (Å²) >= 11 is 0. The van der Waals surface area contributed by atoms with Gasteiger partial charge in [-0.25, -0.2) is 9.18 Å². The van der Waals surface area contributed by atoms with Gasteiger partial charge < -0.3 is 29.9 Å². The molecule has 7 fully saturated rings. The zero-order valence-corrected chi connectivity index (χ0v) is 30.0. The molecule has 276 valence electrons. The number of Topliss-reactive ketones (excluding diaryl/α,β-unsaturated/α-hetero) is 2. The number of carbonyl (C=O) groups excluding carboxylic acids is 4. The number of nitrogens with one attached hydrogen (secondary N) is 2. The van der Waals surface area contributed by atoms with Crippen molar-refractivity contribution in [3.05, 3.63) is 11.8 Å². The molecule has 0 spiro atoms. The van der Waals surface area contributed by atoms with Crippen molar-refractivity contribution in [1.82, 2.24) is 25.3 Å². The number of morpholine rings is 1. The Bertz CT molecular complexity index is 1400. The maximum absolute atomic E-state index is 16.7. The van der Waals surface area contributed by atoms with Crippen LogP contribution >= 0.6 is 0 Å². The van der Waals surface area contributed by atoms with Gasteiger partial charge in [0.1, 0.15) is 17.6 Å². The zero-order chi connectivity index (χ0) is 34.9. The van der Waals surface area contributed by atoms with E-state index in [9.17, 15) is 19.2 Å². The lowest BCUT2D eigenvalue weighted by atomic mass is 9.66. The van der Waals surface area contributed by atoms with Gasteiger partial charge in [0.05, 0.1) is 35.9 Å². The molecule has 11 nitrogen and oxygen atoms in total. The number of rotatable bonds is 6. The van der Waals surface area contributed by atoms with Crippen LogP contribution in [0.5, 0.6) is 0 Å². The van der Waals surface area contributed by atoms with E-state index in [1.54, 1.807) is 6.20 Å². The lowest BCUT2D eigenvalue weighted by Crippen LogP contribution is -2.73. The summed E-state index contributed by atoms with van der Waals surface area (Å²) in [6, 6.07) is -1.27. The van der Waals surface area contributed by atoms with E-state index >= 15 is 4.39 Å². The van der Waals surface area contributed by atoms with E-state index in [0.29, 0.717) is 44.2 Å². The number of halogens is 1. The van der Waals surface area contributed by atoms with Gasteiger partial charge in [-0.2, -0.15) is 0 Å². The van der Waals surface area contributed by atoms with E-state index < -0.39 is 42.0 Å². The highest BCUT2D eigenvalue weighted by atomic mass is 19.1. The number of nitrogens with zero attached hydrogens (tertiary/aromatic N) is 3. The van der Waals surface area contributed by atoms with Gasteiger partial charge in [0.2, 0.25) is 0 Å². The standard InChI is InChI=1S/C38H56FN5O6/c1-38(2,3)50-37(48)41-21-10-14-43(19-21)32-28(39)16-26-31-35(32)49-30-18-25-24(22-8-4-5-9-23(22)33(25)45)17-29(30)44(31)20-27(34(26)46)36(47)40-11-15-42-12-6-7-13-42/h20-26,28-32,35H,4-19H2,1-3H3,(H,40,47)(H,41,48)/t21-,22?,23?,24?,25?,26?,28?,29?,30?,31?,32?,35?/m0/s1. The second-order valence-electron chi connectivity index (χ2n) is 17.5. The number of likely N-dealkylation sites (tertiary alicyclic amines) is 2. The van der Waals surface area contributed by atoms with E-state index in [0.717, 1.165) is 51.7 Å². The van der Waals surface area contributed by atoms with Crippen molar-refractivity contribution in [3.8, 4) is 0 Å². The van der Waals surface area contributed by atoms with Gasteiger partial charge in [0.15, 0.2) is 5.78 Å². The van der Waals surface area contributed by atoms with Crippen molar-refractivity contribution < 1.29 is 33.0 Å². The number of alkyl halides is 1. The van der Waals surface area contributed by atoms with Crippen molar-refractivity contribution >= 4 is 23.6 Å². The summed E-state index contributed by atoms with van der Waals surface area (Å²) in [7, 11) is 0. The third kappa shape index (κ3) is 6.29. The largest absolute Gasteiger partial charge is 0.444 e. The second kappa shape index (κ2) is 13.4. The van der Waals surface area contributed by atoms with E-state index in [1.807, 2.05) is 20.8 Å². The summed E-state index contributed by atoms with van der Waals surface area (Å²) in [5, 5.41) is 5.98. The lowest BCUT2D eigenvalue weighted by Gasteiger charge is -2.61. The van der Waals surface area contributed by atoms with Gasteiger partial charge in [0.25, 0.3) is 5.91 Å². The van der Waals surface area contributed by atoms with Gasteiger partial charge in [0, 0.05) is 56.2 Å². The lowest BCUT2D eigenvalue weighted by molar-refractivity contribution is -0.217. The molecule has 12 atom stereocenters. The molecule has 0 aromatic rings. The average molecular weight is 698 g/mol. The smallest absolute Gasteiger partial charge is 0.407 e. The molecule has 0 radical (unpaired) electrons. The van der Waals surface area contributed by atoms with Crippen LogP contribution in [0.1, 0.15) is 85.0 Å². The molecule has 12 heteroatoms. The van der Waals surface area contributed by atoms with Crippen molar-refractivity contribution in [1.29, 1.82) is 0 Å². The van der Waals surface area contributed by atoms with Crippen molar-refractivity contribution in [2.45, 2.75) is 133 Å². The number of hydrogen-bond acceptors (Lipinski definition) is 9. The molecule has 8 rings (SSSR count). The minimum Gasteiger partial charge on any atom is -0.444 e. The fourth-order valence-electron chi connectivity index (χ4n) is 11.4. The molecule has 8 aliphatic rings. The molecule has 4 aliphatic heterocycles. The number of amides is 2. The van der Waals surface area contributed by atoms with Crippen LogP contribution in [-0.4, -0.2) is 126 Å². The number of ketones is 2. The monoisotopic (exact) mass is 697 g/mol. The number of carbonyl (C=O) groups is 4. The first-order chi connectivity index (χ1) is 24.0. The zero-order valence-electron chi connectivity index (χ0n) is 30.0. The van der Waals surface area contributed by atoms with Crippen LogP contribution in [0.25, 0.3) is 0 Å². The average Bonchev–Trinajstić information content (AvgIpc) is 3.81. The van der Waals surface area contributed by atoms with E-state index in [1.165, 1.54) is 12.8 Å². The van der Waals surface area contributed by atoms with Gasteiger partial charge in [-0.3, -0.25) is 19.3 Å². The van der Waals surface area contributed by atoms with E-state index in [4.69, 9.17) is 9.47 Å². The predicted octanol–water partition coefficient (Wildman–Crippen LogP) is 3.21. The Morgan fingerprint density at radius 1 is 0.940 bits per heavy atom. The Hall–Kier alpha value is -2.57. The number of ether oxygens (including phenoxy) is 2. The number of alkyl carbamates (subject to hydrolysis) is 1. The maximum Gasteiger partial charge on any atom is 0.407 e. The molecule has 0 aromatic heterocycles. The normalized spacial score (nSPS) is 41.5. The van der Waals surface area contributed by atoms with Crippen LogP contribution in [0.15, 0.2) is 11.8 Å². The van der Waals surface area contributed by atoms with Crippen LogP contribution < -0.4 is 10.6 Å². The van der Waals surface area contributed by atoms with Crippen molar-refractivity contribution in [2.24, 2.45) is 29.6 Å². The summed E-state index contributed by atoms with van der Waals surface area (Å²) in [6.07, 6.45) is 7.79. The summed E-state index contributed by atoms with van der Waals surface area (Å²) in [6.45, 7) is 9.77. The Balaban J connectivity index is 1.06. The van der Waals surface area contributed by atoms with Crippen LogP contribution in [0.2, 0.25) is 0 Å². The van der Waals surface area contributed by atoms with Crippen molar-refractivity contribution in [3.63, 3.8) is 0 Å². The summed E-state index contributed by atoms with van der Waals surface area (Å²) in [4.78, 5) is 60.9. The second-order valence-corrected chi connectivity index (χ2v) is 17.5. The quantitative estimate of drug-likeness (QED) is 0.404. The van der Waals surface area contributed by atoms with Crippen LogP contribution in [0.3, 0.4) is 0 Å². The Labute approximate surface area is 295 Å². The number of hydrogen-bond donors (Lipinski definition) is 2. The minimum absolute atomic E-state index is 0.0240. The minimum atomic E-state index is -1.35. The topological polar surface area (TPSA) is 121 Å². The highest BCUT2D eigenvalue weighted by molar-refractivity contribution is 6.20. The molecule has 4 saturated carbocycles. The third-order valence-corrected chi connectivity index (χ3v) is 13.4. The van der Waals surface area contributed by atoms with Crippen LogP contribution in [-0.2, 0) is 23.9 Å². The molecule has 2 N–H and O–H groups in total. The van der Waals surface area contributed by atoms with Gasteiger partial charge in [-0.05, 0) is 97.1 Å². The molecule has 4 aliphatic carbocycles. The Morgan fingerprint density at radius 3 is 2.50 bits per heavy atom. The highest BCUT2D eigenvalue weighted by Crippen LogP contribution is 2.56. The van der Waals surface area contributed by atoms with E-state index in [2.05, 4.69) is 25.3 Å². The Kier molecular flexibility index (Phi) is 9.28. The summed E-state index contributed by atoms with van der Waals surface area (Å²) < 4.78 is 29.2. The first-order valence-corrected chi connectivity index (χ1v) is 19.6. The molecule has 3 saturated heterocycles. The van der Waals surface area contributed by atoms with E-state index in [-0.39, 0.29) is 59.6 Å².